The summed E-state index contributed by atoms with van der Waals surface area (Å²) in [7, 11) is 0. The van der Waals surface area contributed by atoms with Crippen molar-refractivity contribution >= 4 is 10.9 Å². The van der Waals surface area contributed by atoms with Crippen molar-refractivity contribution in [1.29, 1.82) is 0 Å². The second kappa shape index (κ2) is 4.73. The van der Waals surface area contributed by atoms with E-state index < -0.39 is 11.7 Å². The Morgan fingerprint density at radius 2 is 1.62 bits per heavy atom. The van der Waals surface area contributed by atoms with Gasteiger partial charge >= 0.3 is 6.18 Å². The van der Waals surface area contributed by atoms with E-state index in [2.05, 4.69) is 4.98 Å². The van der Waals surface area contributed by atoms with Crippen LogP contribution in [0, 0.1) is 0 Å². The molecule has 0 saturated heterocycles. The van der Waals surface area contributed by atoms with Gasteiger partial charge in [0.05, 0.1) is 22.2 Å². The average Bonchev–Trinajstić information content (AvgIpc) is 2.47. The van der Waals surface area contributed by atoms with Crippen molar-refractivity contribution < 1.29 is 13.2 Å². The number of benzene rings is 2. The number of alkyl halides is 3. The van der Waals surface area contributed by atoms with E-state index in [9.17, 15) is 18.0 Å². The van der Waals surface area contributed by atoms with Crippen molar-refractivity contribution in [2.24, 2.45) is 0 Å². The van der Waals surface area contributed by atoms with E-state index >= 15 is 0 Å². The highest BCUT2D eigenvalue weighted by Gasteiger charge is 2.30. The zero-order valence-corrected chi connectivity index (χ0v) is 10.6. The summed E-state index contributed by atoms with van der Waals surface area (Å²) in [6.07, 6.45) is -3.08. The summed E-state index contributed by atoms with van der Waals surface area (Å²) in [4.78, 5) is 16.4. The Labute approximate surface area is 117 Å². The number of nitrogens with zero attached hydrogens (tertiary/aromatic N) is 2. The maximum Gasteiger partial charge on any atom is 0.416 e. The minimum absolute atomic E-state index is 0.319. The van der Waals surface area contributed by atoms with E-state index in [4.69, 9.17) is 0 Å². The molecule has 0 aliphatic heterocycles. The van der Waals surface area contributed by atoms with E-state index in [1.807, 2.05) is 0 Å². The smallest absolute Gasteiger partial charge is 0.268 e. The van der Waals surface area contributed by atoms with Gasteiger partial charge in [-0.3, -0.25) is 9.36 Å². The van der Waals surface area contributed by atoms with Gasteiger partial charge in [0.2, 0.25) is 0 Å². The van der Waals surface area contributed by atoms with Crippen LogP contribution < -0.4 is 5.56 Å². The van der Waals surface area contributed by atoms with Crippen LogP contribution in [0.25, 0.3) is 16.6 Å². The molecule has 0 aliphatic carbocycles. The minimum atomic E-state index is -4.40. The van der Waals surface area contributed by atoms with Gasteiger partial charge in [-0.25, -0.2) is 4.98 Å². The third-order valence-corrected chi connectivity index (χ3v) is 3.14. The lowest BCUT2D eigenvalue weighted by molar-refractivity contribution is -0.137. The first kappa shape index (κ1) is 13.4. The van der Waals surface area contributed by atoms with Crippen molar-refractivity contribution in [2.75, 3.05) is 0 Å². The number of aromatic nitrogens is 2. The molecule has 0 aliphatic rings. The zero-order chi connectivity index (χ0) is 15.0. The Hall–Kier alpha value is -2.63. The van der Waals surface area contributed by atoms with Crippen molar-refractivity contribution in [1.82, 2.24) is 9.55 Å². The predicted molar refractivity (Wildman–Crippen MR) is 72.3 cm³/mol. The first-order valence-electron chi connectivity index (χ1n) is 6.11. The topological polar surface area (TPSA) is 34.9 Å². The van der Waals surface area contributed by atoms with Crippen LogP contribution in [0.1, 0.15) is 5.56 Å². The molecule has 0 atom stereocenters. The van der Waals surface area contributed by atoms with Crippen LogP contribution in [0.3, 0.4) is 0 Å². The standard InChI is InChI=1S/C15H9F3N2O/c16-15(17,18)10-5-7-11(8-6-10)20-9-19-13-4-2-1-3-12(13)14(20)21/h1-9H. The lowest BCUT2D eigenvalue weighted by Crippen LogP contribution is -2.18. The summed E-state index contributed by atoms with van der Waals surface area (Å²) in [5, 5.41) is 0.417. The van der Waals surface area contributed by atoms with Gasteiger partial charge in [0.1, 0.15) is 6.33 Å². The molecule has 2 aromatic carbocycles. The molecular formula is C15H9F3N2O. The van der Waals surface area contributed by atoms with Crippen molar-refractivity contribution in [3.8, 4) is 5.69 Å². The monoisotopic (exact) mass is 290 g/mol. The van der Waals surface area contributed by atoms with Gasteiger partial charge in [-0.15, -0.1) is 0 Å². The fourth-order valence-corrected chi connectivity index (χ4v) is 2.06. The molecule has 1 aromatic heterocycles. The van der Waals surface area contributed by atoms with Crippen molar-refractivity contribution in [2.45, 2.75) is 6.18 Å². The molecule has 1 heterocycles. The molecule has 3 rings (SSSR count). The summed E-state index contributed by atoms with van der Waals surface area (Å²) in [5.41, 5.74) is -0.190. The van der Waals surface area contributed by atoms with E-state index in [1.54, 1.807) is 24.3 Å². The maximum absolute atomic E-state index is 12.5. The SMILES string of the molecule is O=c1c2ccccc2ncn1-c1ccc(C(F)(F)F)cc1. The number of hydrogen-bond donors (Lipinski definition) is 0. The van der Waals surface area contributed by atoms with Crippen molar-refractivity contribution in [3.63, 3.8) is 0 Å². The van der Waals surface area contributed by atoms with Gasteiger partial charge in [-0.1, -0.05) is 12.1 Å². The molecule has 0 spiro atoms. The quantitative estimate of drug-likeness (QED) is 0.688. The summed E-state index contributed by atoms with van der Waals surface area (Å²) < 4.78 is 38.8. The Balaban J connectivity index is 2.13. The van der Waals surface area contributed by atoms with Gasteiger partial charge < -0.3 is 0 Å². The molecule has 0 radical (unpaired) electrons. The van der Waals surface area contributed by atoms with Gasteiger partial charge in [-0.05, 0) is 36.4 Å². The molecule has 0 amide bonds. The fraction of sp³-hybridized carbons (Fsp3) is 0.0667. The molecule has 0 fully saturated rings. The third-order valence-electron chi connectivity index (χ3n) is 3.14. The van der Waals surface area contributed by atoms with E-state index in [-0.39, 0.29) is 5.56 Å². The summed E-state index contributed by atoms with van der Waals surface area (Å²) in [6, 6.07) is 11.2. The highest BCUT2D eigenvalue weighted by molar-refractivity contribution is 5.77. The van der Waals surface area contributed by atoms with Crippen LogP contribution in [-0.2, 0) is 6.18 Å². The van der Waals surface area contributed by atoms with Gasteiger partial charge in [-0.2, -0.15) is 13.2 Å². The fourth-order valence-electron chi connectivity index (χ4n) is 2.06. The third kappa shape index (κ3) is 2.40. The molecule has 6 heteroatoms. The normalized spacial score (nSPS) is 11.8. The van der Waals surface area contributed by atoms with E-state index in [0.29, 0.717) is 16.6 Å². The zero-order valence-electron chi connectivity index (χ0n) is 10.6. The Morgan fingerprint density at radius 3 is 2.29 bits per heavy atom. The molecule has 3 aromatic rings. The highest BCUT2D eigenvalue weighted by atomic mass is 19.4. The molecule has 0 unspecified atom stereocenters. The van der Waals surface area contributed by atoms with Crippen LogP contribution in [0.4, 0.5) is 13.2 Å². The van der Waals surface area contributed by atoms with Gasteiger partial charge in [0.15, 0.2) is 0 Å². The first-order valence-corrected chi connectivity index (χ1v) is 6.11. The second-order valence-corrected chi connectivity index (χ2v) is 4.48. The number of halogens is 3. The van der Waals surface area contributed by atoms with Crippen LogP contribution in [-0.4, -0.2) is 9.55 Å². The van der Waals surface area contributed by atoms with Gasteiger partial charge in [0.25, 0.3) is 5.56 Å². The molecule has 0 bridgehead atoms. The number of para-hydroxylation sites is 1. The van der Waals surface area contributed by atoms with Crippen LogP contribution in [0.5, 0.6) is 0 Å². The molecule has 0 N–H and O–H groups in total. The number of rotatable bonds is 1. The average molecular weight is 290 g/mol. The largest absolute Gasteiger partial charge is 0.416 e. The van der Waals surface area contributed by atoms with E-state index in [0.717, 1.165) is 12.1 Å². The van der Waals surface area contributed by atoms with Crippen LogP contribution in [0.15, 0.2) is 59.7 Å². The lowest BCUT2D eigenvalue weighted by atomic mass is 10.2. The van der Waals surface area contributed by atoms with Crippen LogP contribution >= 0.6 is 0 Å². The minimum Gasteiger partial charge on any atom is -0.268 e. The second-order valence-electron chi connectivity index (χ2n) is 4.48. The van der Waals surface area contributed by atoms with Gasteiger partial charge in [0, 0.05) is 0 Å². The molecule has 106 valence electrons. The Morgan fingerprint density at radius 1 is 0.952 bits per heavy atom. The molecule has 21 heavy (non-hydrogen) atoms. The summed E-state index contributed by atoms with van der Waals surface area (Å²) >= 11 is 0. The predicted octanol–water partition coefficient (Wildman–Crippen LogP) is 3.40. The highest BCUT2D eigenvalue weighted by Crippen LogP contribution is 2.29. The summed E-state index contributed by atoms with van der Waals surface area (Å²) in [6.45, 7) is 0. The Kier molecular flexibility index (Phi) is 3.01. The van der Waals surface area contributed by atoms with E-state index in [1.165, 1.54) is 23.0 Å². The maximum atomic E-state index is 12.5. The lowest BCUT2D eigenvalue weighted by Gasteiger charge is -2.09. The molecular weight excluding hydrogens is 281 g/mol. The molecule has 0 saturated carbocycles. The summed E-state index contributed by atoms with van der Waals surface area (Å²) in [5.74, 6) is 0. The number of fused-ring (bicyclic) bond motifs is 1. The van der Waals surface area contributed by atoms with Crippen LogP contribution in [0.2, 0.25) is 0 Å². The van der Waals surface area contributed by atoms with Crippen molar-refractivity contribution in [3.05, 3.63) is 70.8 Å². The molecule has 3 nitrogen and oxygen atoms in total. The number of hydrogen-bond acceptors (Lipinski definition) is 2. The Bertz CT molecular complexity index is 851. The first-order chi connectivity index (χ1) is 9.97.